The Morgan fingerprint density at radius 2 is 1.96 bits per heavy atom. The number of nitrogens with one attached hydrogen (secondary N) is 1. The molecule has 3 heterocycles. The van der Waals surface area contributed by atoms with E-state index in [9.17, 15) is 0 Å². The number of aromatic nitrogens is 2. The Bertz CT molecular complexity index is 689. The molecule has 2 aliphatic rings. The highest BCUT2D eigenvalue weighted by Crippen LogP contribution is 2.37. The lowest BCUT2D eigenvalue weighted by molar-refractivity contribution is 0.268. The first-order valence-electron chi connectivity index (χ1n) is 8.71. The van der Waals surface area contributed by atoms with Crippen LogP contribution in [0.25, 0.3) is 5.69 Å². The fourth-order valence-corrected chi connectivity index (χ4v) is 4.25. The Balaban J connectivity index is 0.00000169. The molecule has 4 rings (SSSR count). The number of likely N-dealkylation sites (tertiary alicyclic amines) is 1. The second kappa shape index (κ2) is 6.87. The molecule has 5 heteroatoms. The number of benzene rings is 1. The van der Waals surface area contributed by atoms with Gasteiger partial charge in [-0.05, 0) is 57.3 Å². The maximum Gasteiger partial charge on any atom is 0.0648 e. The van der Waals surface area contributed by atoms with Crippen LogP contribution in [0.3, 0.4) is 0 Å². The highest BCUT2D eigenvalue weighted by Gasteiger charge is 2.40. The largest absolute Gasteiger partial charge is 0.316 e. The molecule has 1 atom stereocenters. The minimum absolute atomic E-state index is 0. The number of halogens is 1. The van der Waals surface area contributed by atoms with Crippen LogP contribution in [0.4, 0.5) is 0 Å². The molecule has 1 aromatic carbocycles. The Morgan fingerprint density at radius 1 is 1.17 bits per heavy atom. The predicted molar refractivity (Wildman–Crippen MR) is 100 cm³/mol. The number of hydrogen-bond donors (Lipinski definition) is 1. The number of para-hydroxylation sites is 1. The van der Waals surface area contributed by atoms with E-state index in [4.69, 9.17) is 5.10 Å². The van der Waals surface area contributed by atoms with Gasteiger partial charge in [-0.25, -0.2) is 4.68 Å². The van der Waals surface area contributed by atoms with Gasteiger partial charge >= 0.3 is 0 Å². The zero-order valence-electron chi connectivity index (χ0n) is 14.6. The van der Waals surface area contributed by atoms with Crippen LogP contribution in [0.15, 0.2) is 30.3 Å². The van der Waals surface area contributed by atoms with E-state index in [2.05, 4.69) is 59.1 Å². The van der Waals surface area contributed by atoms with E-state index in [1.807, 2.05) is 0 Å². The summed E-state index contributed by atoms with van der Waals surface area (Å²) in [5.41, 5.74) is 5.53. The van der Waals surface area contributed by atoms with Crippen molar-refractivity contribution in [1.82, 2.24) is 20.0 Å². The van der Waals surface area contributed by atoms with Crippen LogP contribution in [-0.2, 0) is 6.54 Å². The molecule has 1 N–H and O–H groups in total. The van der Waals surface area contributed by atoms with Crippen LogP contribution in [0.1, 0.15) is 29.8 Å². The normalized spacial score (nSPS) is 23.8. The number of rotatable bonds is 3. The third-order valence-corrected chi connectivity index (χ3v) is 5.67. The van der Waals surface area contributed by atoms with Crippen LogP contribution >= 0.6 is 12.4 Å². The summed E-state index contributed by atoms with van der Waals surface area (Å²) in [6.45, 7) is 10.2. The molecule has 2 saturated heterocycles. The molecule has 0 bridgehead atoms. The number of nitrogens with zero attached hydrogens (tertiary/aromatic N) is 3. The zero-order valence-corrected chi connectivity index (χ0v) is 15.4. The van der Waals surface area contributed by atoms with E-state index in [0.29, 0.717) is 5.41 Å². The summed E-state index contributed by atoms with van der Waals surface area (Å²) in [5.74, 6) is 0. The highest BCUT2D eigenvalue weighted by molar-refractivity contribution is 5.85. The summed E-state index contributed by atoms with van der Waals surface area (Å²) in [6, 6.07) is 10.4. The second-order valence-electron chi connectivity index (χ2n) is 7.28. The van der Waals surface area contributed by atoms with Crippen LogP contribution in [0.2, 0.25) is 0 Å². The van der Waals surface area contributed by atoms with E-state index < -0.39 is 0 Å². The summed E-state index contributed by atoms with van der Waals surface area (Å²) in [7, 11) is 0. The van der Waals surface area contributed by atoms with Crippen molar-refractivity contribution < 1.29 is 0 Å². The van der Waals surface area contributed by atoms with Gasteiger partial charge in [-0.1, -0.05) is 18.2 Å². The topological polar surface area (TPSA) is 33.1 Å². The van der Waals surface area contributed by atoms with Gasteiger partial charge in [0.15, 0.2) is 0 Å². The zero-order chi connectivity index (χ0) is 15.9. The van der Waals surface area contributed by atoms with E-state index in [1.165, 1.54) is 50.3 Å². The van der Waals surface area contributed by atoms with Crippen molar-refractivity contribution >= 4 is 12.4 Å². The van der Waals surface area contributed by atoms with Crippen LogP contribution in [0.5, 0.6) is 0 Å². The first kappa shape index (κ1) is 17.5. The summed E-state index contributed by atoms with van der Waals surface area (Å²) in [4.78, 5) is 2.62. The van der Waals surface area contributed by atoms with Crippen molar-refractivity contribution in [3.63, 3.8) is 0 Å². The van der Waals surface area contributed by atoms with Gasteiger partial charge in [-0.15, -0.1) is 12.4 Å². The van der Waals surface area contributed by atoms with E-state index in [0.717, 1.165) is 17.9 Å². The van der Waals surface area contributed by atoms with Crippen molar-refractivity contribution in [1.29, 1.82) is 0 Å². The molecule has 0 amide bonds. The van der Waals surface area contributed by atoms with Crippen LogP contribution in [-0.4, -0.2) is 40.9 Å². The Hall–Kier alpha value is -1.36. The average molecular weight is 347 g/mol. The summed E-state index contributed by atoms with van der Waals surface area (Å²) >= 11 is 0. The highest BCUT2D eigenvalue weighted by atomic mass is 35.5. The van der Waals surface area contributed by atoms with Gasteiger partial charge in [-0.2, -0.15) is 5.10 Å². The second-order valence-corrected chi connectivity index (χ2v) is 7.28. The lowest BCUT2D eigenvalue weighted by Gasteiger charge is -2.23. The quantitative estimate of drug-likeness (QED) is 0.927. The third kappa shape index (κ3) is 3.10. The molecule has 24 heavy (non-hydrogen) atoms. The van der Waals surface area contributed by atoms with Gasteiger partial charge in [0.25, 0.3) is 0 Å². The summed E-state index contributed by atoms with van der Waals surface area (Å²) in [5, 5.41) is 8.33. The summed E-state index contributed by atoms with van der Waals surface area (Å²) in [6.07, 6.45) is 2.68. The fourth-order valence-electron chi connectivity index (χ4n) is 4.25. The Labute approximate surface area is 150 Å². The SMILES string of the molecule is Cc1nn(-c2ccccc2)c(C)c1CN1CCC2(CCNC2)C1.Cl. The van der Waals surface area contributed by atoms with Crippen molar-refractivity contribution in [3.8, 4) is 5.69 Å². The fraction of sp³-hybridized carbons (Fsp3) is 0.526. The molecular weight excluding hydrogens is 320 g/mol. The van der Waals surface area contributed by atoms with Gasteiger partial charge in [0.05, 0.1) is 11.4 Å². The lowest BCUT2D eigenvalue weighted by Crippen LogP contribution is -2.29. The minimum atomic E-state index is 0. The first-order chi connectivity index (χ1) is 11.2. The molecule has 2 aromatic rings. The molecule has 0 saturated carbocycles. The monoisotopic (exact) mass is 346 g/mol. The molecule has 1 unspecified atom stereocenters. The maximum absolute atomic E-state index is 4.79. The Kier molecular flexibility index (Phi) is 5.00. The van der Waals surface area contributed by atoms with E-state index in [-0.39, 0.29) is 12.4 Å². The van der Waals surface area contributed by atoms with Crippen molar-refractivity contribution in [2.45, 2.75) is 33.2 Å². The van der Waals surface area contributed by atoms with Crippen molar-refractivity contribution in [2.75, 3.05) is 26.2 Å². The van der Waals surface area contributed by atoms with Gasteiger partial charge in [-0.3, -0.25) is 4.90 Å². The van der Waals surface area contributed by atoms with Crippen molar-refractivity contribution in [3.05, 3.63) is 47.3 Å². The van der Waals surface area contributed by atoms with Gasteiger partial charge in [0.1, 0.15) is 0 Å². The predicted octanol–water partition coefficient (Wildman–Crippen LogP) is 3.10. The minimum Gasteiger partial charge on any atom is -0.316 e. The van der Waals surface area contributed by atoms with Crippen molar-refractivity contribution in [2.24, 2.45) is 5.41 Å². The van der Waals surface area contributed by atoms with Gasteiger partial charge in [0, 0.05) is 30.9 Å². The number of aryl methyl sites for hydroxylation is 1. The Morgan fingerprint density at radius 3 is 2.67 bits per heavy atom. The van der Waals surface area contributed by atoms with Gasteiger partial charge < -0.3 is 5.32 Å². The molecule has 1 aromatic heterocycles. The van der Waals surface area contributed by atoms with E-state index >= 15 is 0 Å². The first-order valence-corrected chi connectivity index (χ1v) is 8.71. The average Bonchev–Trinajstić information content (AvgIpc) is 3.26. The molecule has 1 spiro atoms. The molecule has 130 valence electrons. The standard InChI is InChI=1S/C19H26N4.ClH/c1-15-18(12-22-11-9-19(14-22)8-10-20-13-19)16(2)23(21-15)17-6-4-3-5-7-17;/h3-7,20H,8-14H2,1-2H3;1H. The third-order valence-electron chi connectivity index (χ3n) is 5.67. The molecule has 2 fully saturated rings. The van der Waals surface area contributed by atoms with Gasteiger partial charge in [0.2, 0.25) is 0 Å². The molecule has 4 nitrogen and oxygen atoms in total. The number of hydrogen-bond acceptors (Lipinski definition) is 3. The summed E-state index contributed by atoms with van der Waals surface area (Å²) < 4.78 is 2.09. The molecule has 2 aliphatic heterocycles. The van der Waals surface area contributed by atoms with Crippen LogP contribution in [0, 0.1) is 19.3 Å². The maximum atomic E-state index is 4.79. The van der Waals surface area contributed by atoms with Crippen LogP contribution < -0.4 is 5.32 Å². The molecular formula is C19H27ClN4. The molecule has 0 radical (unpaired) electrons. The molecule has 0 aliphatic carbocycles. The van der Waals surface area contributed by atoms with E-state index in [1.54, 1.807) is 0 Å². The smallest absolute Gasteiger partial charge is 0.0648 e. The lowest BCUT2D eigenvalue weighted by atomic mass is 9.86.